The van der Waals surface area contributed by atoms with Crippen LogP contribution in [0.3, 0.4) is 0 Å². The van der Waals surface area contributed by atoms with Gasteiger partial charge in [0.15, 0.2) is 11.5 Å². The number of benzene rings is 3. The molecule has 0 bridgehead atoms. The van der Waals surface area contributed by atoms with Gasteiger partial charge in [-0.05, 0) is 35.2 Å². The summed E-state index contributed by atoms with van der Waals surface area (Å²) >= 11 is 0. The lowest BCUT2D eigenvalue weighted by molar-refractivity contribution is 0.355. The Morgan fingerprint density at radius 1 is 0.741 bits per heavy atom. The lowest BCUT2D eigenvalue weighted by atomic mass is 10.0. The van der Waals surface area contributed by atoms with Crippen LogP contribution in [0.4, 0.5) is 0 Å². The van der Waals surface area contributed by atoms with Crippen LogP contribution in [-0.4, -0.2) is 19.2 Å². The van der Waals surface area contributed by atoms with Crippen molar-refractivity contribution in [3.63, 3.8) is 0 Å². The van der Waals surface area contributed by atoms with Crippen LogP contribution in [0.2, 0.25) is 0 Å². The standard InChI is InChI=1S/C24H21NO2/c1-26-23-13-12-19(16-24(23)27-2)21-15-18-10-6-7-11-20(18)22(25-21)14-17-8-4-3-5-9-17/h3-13,15-16H,14H2,1-2H3. The van der Waals surface area contributed by atoms with Crippen molar-refractivity contribution in [3.05, 3.63) is 90.1 Å². The van der Waals surface area contributed by atoms with Crippen LogP contribution in [0.25, 0.3) is 22.0 Å². The van der Waals surface area contributed by atoms with Gasteiger partial charge < -0.3 is 9.47 Å². The van der Waals surface area contributed by atoms with Crippen molar-refractivity contribution in [3.8, 4) is 22.8 Å². The first-order valence-corrected chi connectivity index (χ1v) is 8.93. The minimum Gasteiger partial charge on any atom is -0.493 e. The van der Waals surface area contributed by atoms with Crippen molar-refractivity contribution in [2.24, 2.45) is 0 Å². The Balaban J connectivity index is 1.84. The van der Waals surface area contributed by atoms with Crippen molar-refractivity contribution >= 4 is 10.8 Å². The molecular formula is C24H21NO2. The average molecular weight is 355 g/mol. The average Bonchev–Trinajstić information content (AvgIpc) is 2.74. The fourth-order valence-electron chi connectivity index (χ4n) is 3.34. The van der Waals surface area contributed by atoms with E-state index >= 15 is 0 Å². The minimum atomic E-state index is 0.703. The van der Waals surface area contributed by atoms with Gasteiger partial charge in [0.1, 0.15) is 0 Å². The van der Waals surface area contributed by atoms with E-state index in [1.54, 1.807) is 14.2 Å². The molecule has 0 aliphatic heterocycles. The van der Waals surface area contributed by atoms with Gasteiger partial charge in [-0.1, -0.05) is 54.6 Å². The molecule has 0 saturated heterocycles. The van der Waals surface area contributed by atoms with E-state index in [0.717, 1.165) is 23.4 Å². The van der Waals surface area contributed by atoms with Gasteiger partial charge in [-0.3, -0.25) is 4.98 Å². The van der Waals surface area contributed by atoms with Crippen LogP contribution in [0.15, 0.2) is 78.9 Å². The van der Waals surface area contributed by atoms with E-state index in [9.17, 15) is 0 Å². The maximum atomic E-state index is 5.46. The number of rotatable bonds is 5. The molecule has 4 rings (SSSR count). The molecule has 3 heteroatoms. The van der Waals surface area contributed by atoms with Crippen LogP contribution < -0.4 is 9.47 Å². The van der Waals surface area contributed by atoms with E-state index < -0.39 is 0 Å². The van der Waals surface area contributed by atoms with E-state index in [0.29, 0.717) is 11.5 Å². The first-order chi connectivity index (χ1) is 13.3. The number of hydrogen-bond donors (Lipinski definition) is 0. The highest BCUT2D eigenvalue weighted by Crippen LogP contribution is 2.33. The molecule has 27 heavy (non-hydrogen) atoms. The zero-order chi connectivity index (χ0) is 18.6. The molecule has 0 atom stereocenters. The highest BCUT2D eigenvalue weighted by Gasteiger charge is 2.11. The van der Waals surface area contributed by atoms with Crippen molar-refractivity contribution in [2.75, 3.05) is 14.2 Å². The number of nitrogens with zero attached hydrogens (tertiary/aromatic N) is 1. The van der Waals surface area contributed by atoms with Crippen LogP contribution in [0.5, 0.6) is 11.5 Å². The summed E-state index contributed by atoms with van der Waals surface area (Å²) in [6, 6.07) is 26.9. The van der Waals surface area contributed by atoms with Crippen LogP contribution >= 0.6 is 0 Å². The molecule has 0 N–H and O–H groups in total. The predicted molar refractivity (Wildman–Crippen MR) is 110 cm³/mol. The Labute approximate surface area is 159 Å². The predicted octanol–water partition coefficient (Wildman–Crippen LogP) is 5.51. The number of methoxy groups -OCH3 is 2. The lowest BCUT2D eigenvalue weighted by Crippen LogP contribution is -1.97. The zero-order valence-electron chi connectivity index (χ0n) is 15.5. The molecule has 4 aromatic rings. The van der Waals surface area contributed by atoms with Crippen LogP contribution in [0, 0.1) is 0 Å². The maximum Gasteiger partial charge on any atom is 0.161 e. The van der Waals surface area contributed by atoms with Crippen molar-refractivity contribution in [1.82, 2.24) is 4.98 Å². The number of aromatic nitrogens is 1. The molecule has 0 aliphatic rings. The van der Waals surface area contributed by atoms with Gasteiger partial charge in [0.05, 0.1) is 25.6 Å². The zero-order valence-corrected chi connectivity index (χ0v) is 15.5. The molecule has 0 aliphatic carbocycles. The molecule has 0 saturated carbocycles. The van der Waals surface area contributed by atoms with Gasteiger partial charge in [-0.15, -0.1) is 0 Å². The van der Waals surface area contributed by atoms with Crippen LogP contribution in [-0.2, 0) is 6.42 Å². The van der Waals surface area contributed by atoms with Crippen molar-refractivity contribution < 1.29 is 9.47 Å². The lowest BCUT2D eigenvalue weighted by Gasteiger charge is -2.12. The smallest absolute Gasteiger partial charge is 0.161 e. The van der Waals surface area contributed by atoms with Gasteiger partial charge in [0.2, 0.25) is 0 Å². The summed E-state index contributed by atoms with van der Waals surface area (Å²) in [5.74, 6) is 1.42. The molecule has 0 amide bonds. The first-order valence-electron chi connectivity index (χ1n) is 8.93. The summed E-state index contributed by atoms with van der Waals surface area (Å²) in [7, 11) is 3.29. The Hall–Kier alpha value is -3.33. The van der Waals surface area contributed by atoms with Crippen molar-refractivity contribution in [2.45, 2.75) is 6.42 Å². The quantitative estimate of drug-likeness (QED) is 0.473. The van der Waals surface area contributed by atoms with Crippen LogP contribution in [0.1, 0.15) is 11.3 Å². The minimum absolute atomic E-state index is 0.703. The monoisotopic (exact) mass is 355 g/mol. The third-order valence-corrected chi connectivity index (χ3v) is 4.71. The second-order valence-corrected chi connectivity index (χ2v) is 6.41. The molecular weight excluding hydrogens is 334 g/mol. The molecule has 1 heterocycles. The summed E-state index contributed by atoms with van der Waals surface area (Å²) in [4.78, 5) is 5.00. The summed E-state index contributed by atoms with van der Waals surface area (Å²) in [5.41, 5.74) is 4.26. The third kappa shape index (κ3) is 3.49. The number of hydrogen-bond acceptors (Lipinski definition) is 3. The second kappa shape index (κ2) is 7.50. The van der Waals surface area contributed by atoms with Gasteiger partial charge >= 0.3 is 0 Å². The molecule has 0 unspecified atom stereocenters. The summed E-state index contributed by atoms with van der Waals surface area (Å²) in [6.45, 7) is 0. The topological polar surface area (TPSA) is 31.4 Å². The number of fused-ring (bicyclic) bond motifs is 1. The molecule has 0 spiro atoms. The maximum absolute atomic E-state index is 5.46. The third-order valence-electron chi connectivity index (χ3n) is 4.71. The summed E-state index contributed by atoms with van der Waals surface area (Å²) in [5, 5.41) is 2.37. The summed E-state index contributed by atoms with van der Waals surface area (Å²) < 4.78 is 10.8. The van der Waals surface area contributed by atoms with E-state index in [-0.39, 0.29) is 0 Å². The molecule has 3 nitrogen and oxygen atoms in total. The number of ether oxygens (including phenoxy) is 2. The van der Waals surface area contributed by atoms with E-state index in [4.69, 9.17) is 14.5 Å². The highest BCUT2D eigenvalue weighted by molar-refractivity contribution is 5.88. The van der Waals surface area contributed by atoms with Gasteiger partial charge in [0.25, 0.3) is 0 Å². The van der Waals surface area contributed by atoms with E-state index in [2.05, 4.69) is 54.6 Å². The van der Waals surface area contributed by atoms with Gasteiger partial charge in [0, 0.05) is 17.4 Å². The fraction of sp³-hybridized carbons (Fsp3) is 0.125. The summed E-state index contributed by atoms with van der Waals surface area (Å²) in [6.07, 6.45) is 0.794. The Bertz CT molecular complexity index is 1070. The van der Waals surface area contributed by atoms with Crippen molar-refractivity contribution in [1.29, 1.82) is 0 Å². The molecule has 3 aromatic carbocycles. The Kier molecular flexibility index (Phi) is 4.75. The second-order valence-electron chi connectivity index (χ2n) is 6.41. The first kappa shape index (κ1) is 17.1. The largest absolute Gasteiger partial charge is 0.493 e. The Morgan fingerprint density at radius 3 is 2.26 bits per heavy atom. The SMILES string of the molecule is COc1ccc(-c2cc3ccccc3c(Cc3ccccc3)n2)cc1OC. The van der Waals surface area contributed by atoms with E-state index in [1.165, 1.54) is 16.3 Å². The molecule has 1 aromatic heterocycles. The van der Waals surface area contributed by atoms with Gasteiger partial charge in [-0.25, -0.2) is 0 Å². The van der Waals surface area contributed by atoms with E-state index in [1.807, 2.05) is 24.3 Å². The highest BCUT2D eigenvalue weighted by atomic mass is 16.5. The molecule has 0 radical (unpaired) electrons. The normalized spacial score (nSPS) is 10.7. The molecule has 134 valence electrons. The molecule has 0 fully saturated rings. The fourth-order valence-corrected chi connectivity index (χ4v) is 3.34. The van der Waals surface area contributed by atoms with Gasteiger partial charge in [-0.2, -0.15) is 0 Å². The number of pyridine rings is 1. The Morgan fingerprint density at radius 2 is 1.48 bits per heavy atom.